The Labute approximate surface area is 120 Å². The van der Waals surface area contributed by atoms with Gasteiger partial charge in [-0.05, 0) is 48.4 Å². The highest BCUT2D eigenvalue weighted by molar-refractivity contribution is 5.46. The van der Waals surface area contributed by atoms with Gasteiger partial charge in [-0.25, -0.2) is 0 Å². The van der Waals surface area contributed by atoms with E-state index in [0.29, 0.717) is 18.5 Å². The Hall–Kier alpha value is -1.71. The van der Waals surface area contributed by atoms with Crippen LogP contribution in [0.2, 0.25) is 0 Å². The van der Waals surface area contributed by atoms with E-state index < -0.39 is 0 Å². The van der Waals surface area contributed by atoms with Gasteiger partial charge >= 0.3 is 0 Å². The van der Waals surface area contributed by atoms with Crippen LogP contribution in [-0.4, -0.2) is 30.0 Å². The lowest BCUT2D eigenvalue weighted by atomic mass is 9.79. The molecule has 2 unspecified atom stereocenters. The van der Waals surface area contributed by atoms with E-state index in [0.717, 1.165) is 6.54 Å². The first-order valence-corrected chi connectivity index (χ1v) is 7.12. The smallest absolute Gasteiger partial charge is 0.0470 e. The van der Waals surface area contributed by atoms with Gasteiger partial charge in [-0.1, -0.05) is 18.2 Å². The number of rotatable bonds is 2. The minimum Gasteiger partial charge on any atom is -0.329 e. The number of nitrogens with two attached hydrogens (primary N) is 1. The maximum Gasteiger partial charge on any atom is 0.0470 e. The van der Waals surface area contributed by atoms with Crippen molar-refractivity contribution in [3.05, 3.63) is 65.0 Å². The monoisotopic (exact) mass is 267 g/mol. The lowest BCUT2D eigenvalue weighted by molar-refractivity contribution is 0.223. The van der Waals surface area contributed by atoms with Gasteiger partial charge in [0.25, 0.3) is 0 Å². The van der Waals surface area contributed by atoms with Crippen molar-refractivity contribution >= 4 is 0 Å². The van der Waals surface area contributed by atoms with Gasteiger partial charge in [0, 0.05) is 37.4 Å². The topological polar surface area (TPSA) is 42.2 Å². The molecular formula is C17H21N3. The van der Waals surface area contributed by atoms with E-state index >= 15 is 0 Å². The minimum absolute atomic E-state index is 0.322. The molecule has 104 valence electrons. The number of benzene rings is 1. The normalized spacial score (nSPS) is 22.6. The van der Waals surface area contributed by atoms with Crippen molar-refractivity contribution in [1.82, 2.24) is 9.88 Å². The van der Waals surface area contributed by atoms with E-state index in [-0.39, 0.29) is 0 Å². The lowest BCUT2D eigenvalue weighted by Crippen LogP contribution is -2.39. The van der Waals surface area contributed by atoms with Crippen LogP contribution in [0.5, 0.6) is 0 Å². The molecule has 2 heterocycles. The number of nitrogens with zero attached hydrogens (tertiary/aromatic N) is 2. The SMILES string of the molecule is Cc1cccc2c1C(c1ccncc1)CN(C)C2CN. The van der Waals surface area contributed by atoms with Crippen LogP contribution >= 0.6 is 0 Å². The molecule has 0 bridgehead atoms. The van der Waals surface area contributed by atoms with Crippen LogP contribution in [-0.2, 0) is 0 Å². The van der Waals surface area contributed by atoms with Gasteiger partial charge in [-0.2, -0.15) is 0 Å². The molecule has 0 spiro atoms. The maximum atomic E-state index is 5.99. The molecule has 0 aliphatic carbocycles. The van der Waals surface area contributed by atoms with Gasteiger partial charge in [0.15, 0.2) is 0 Å². The lowest BCUT2D eigenvalue weighted by Gasteiger charge is -2.39. The summed E-state index contributed by atoms with van der Waals surface area (Å²) in [4.78, 5) is 6.50. The summed E-state index contributed by atoms with van der Waals surface area (Å²) in [6, 6.07) is 11.1. The number of hydrogen-bond donors (Lipinski definition) is 1. The second-order valence-electron chi connectivity index (χ2n) is 5.60. The van der Waals surface area contributed by atoms with Crippen molar-refractivity contribution in [2.24, 2.45) is 5.73 Å². The fraction of sp³-hybridized carbons (Fsp3) is 0.353. The fourth-order valence-corrected chi connectivity index (χ4v) is 3.39. The molecule has 0 saturated heterocycles. The third-order valence-electron chi connectivity index (χ3n) is 4.40. The van der Waals surface area contributed by atoms with Gasteiger partial charge in [0.05, 0.1) is 0 Å². The quantitative estimate of drug-likeness (QED) is 0.909. The first kappa shape index (κ1) is 13.3. The summed E-state index contributed by atoms with van der Waals surface area (Å²) < 4.78 is 0. The van der Waals surface area contributed by atoms with Crippen LogP contribution < -0.4 is 5.73 Å². The third-order valence-corrected chi connectivity index (χ3v) is 4.40. The predicted molar refractivity (Wildman–Crippen MR) is 81.7 cm³/mol. The predicted octanol–water partition coefficient (Wildman–Crippen LogP) is 2.47. The van der Waals surface area contributed by atoms with E-state index in [9.17, 15) is 0 Å². The summed E-state index contributed by atoms with van der Waals surface area (Å²) in [6.45, 7) is 3.87. The second kappa shape index (κ2) is 5.35. The summed E-state index contributed by atoms with van der Waals surface area (Å²) in [7, 11) is 2.16. The molecule has 1 aliphatic rings. The van der Waals surface area contributed by atoms with Crippen molar-refractivity contribution in [3.8, 4) is 0 Å². The van der Waals surface area contributed by atoms with Crippen LogP contribution in [0, 0.1) is 6.92 Å². The summed E-state index contributed by atoms with van der Waals surface area (Å²) in [6.07, 6.45) is 3.75. The number of fused-ring (bicyclic) bond motifs is 1. The fourth-order valence-electron chi connectivity index (χ4n) is 3.39. The van der Waals surface area contributed by atoms with Gasteiger partial charge in [-0.3, -0.25) is 9.88 Å². The molecule has 0 saturated carbocycles. The molecule has 1 aromatic carbocycles. The highest BCUT2D eigenvalue weighted by atomic mass is 15.1. The molecular weight excluding hydrogens is 246 g/mol. The maximum absolute atomic E-state index is 5.99. The summed E-state index contributed by atoms with van der Waals surface area (Å²) in [5, 5.41) is 0. The summed E-state index contributed by atoms with van der Waals surface area (Å²) >= 11 is 0. The van der Waals surface area contributed by atoms with Gasteiger partial charge in [0.1, 0.15) is 0 Å². The number of aryl methyl sites for hydroxylation is 1. The average molecular weight is 267 g/mol. The van der Waals surface area contributed by atoms with Gasteiger partial charge in [-0.15, -0.1) is 0 Å². The Morgan fingerprint density at radius 3 is 2.70 bits per heavy atom. The molecule has 0 radical (unpaired) electrons. The molecule has 0 amide bonds. The Kier molecular flexibility index (Phi) is 3.55. The average Bonchev–Trinajstić information content (AvgIpc) is 2.47. The van der Waals surface area contributed by atoms with Crippen LogP contribution in [0.4, 0.5) is 0 Å². The molecule has 1 aliphatic heterocycles. The van der Waals surface area contributed by atoms with Crippen LogP contribution in [0.15, 0.2) is 42.7 Å². The van der Waals surface area contributed by atoms with Crippen molar-refractivity contribution in [2.75, 3.05) is 20.1 Å². The highest BCUT2D eigenvalue weighted by Gasteiger charge is 2.31. The van der Waals surface area contributed by atoms with E-state index in [1.165, 1.54) is 22.3 Å². The number of likely N-dealkylation sites (N-methyl/N-ethyl adjacent to an activating group) is 1. The Morgan fingerprint density at radius 1 is 1.25 bits per heavy atom. The molecule has 2 aromatic rings. The standard InChI is InChI=1S/C17H21N3/c1-12-4-3-5-14-16(10-18)20(2)11-15(17(12)14)13-6-8-19-9-7-13/h3-9,15-16H,10-11,18H2,1-2H3. The van der Waals surface area contributed by atoms with Gasteiger partial charge < -0.3 is 5.73 Å². The van der Waals surface area contributed by atoms with Crippen molar-refractivity contribution in [3.63, 3.8) is 0 Å². The first-order valence-electron chi connectivity index (χ1n) is 7.12. The van der Waals surface area contributed by atoms with E-state index in [1.807, 2.05) is 12.4 Å². The van der Waals surface area contributed by atoms with Crippen molar-refractivity contribution < 1.29 is 0 Å². The van der Waals surface area contributed by atoms with Crippen LogP contribution in [0.3, 0.4) is 0 Å². The Bertz CT molecular complexity index is 594. The number of pyridine rings is 1. The van der Waals surface area contributed by atoms with E-state index in [2.05, 4.69) is 54.2 Å². The molecule has 20 heavy (non-hydrogen) atoms. The Morgan fingerprint density at radius 2 is 2.00 bits per heavy atom. The van der Waals surface area contributed by atoms with E-state index in [1.54, 1.807) is 0 Å². The summed E-state index contributed by atoms with van der Waals surface area (Å²) in [5.74, 6) is 0.405. The number of hydrogen-bond acceptors (Lipinski definition) is 3. The molecule has 3 rings (SSSR count). The zero-order valence-corrected chi connectivity index (χ0v) is 12.1. The third kappa shape index (κ3) is 2.13. The van der Waals surface area contributed by atoms with Crippen molar-refractivity contribution in [2.45, 2.75) is 18.9 Å². The van der Waals surface area contributed by atoms with Crippen LogP contribution in [0.1, 0.15) is 34.2 Å². The largest absolute Gasteiger partial charge is 0.329 e. The molecule has 3 nitrogen and oxygen atoms in total. The molecule has 1 aromatic heterocycles. The van der Waals surface area contributed by atoms with Crippen molar-refractivity contribution in [1.29, 1.82) is 0 Å². The zero-order valence-electron chi connectivity index (χ0n) is 12.1. The molecule has 2 atom stereocenters. The van der Waals surface area contributed by atoms with E-state index in [4.69, 9.17) is 5.73 Å². The number of aromatic nitrogens is 1. The Balaban J connectivity index is 2.15. The van der Waals surface area contributed by atoms with Gasteiger partial charge in [0.2, 0.25) is 0 Å². The van der Waals surface area contributed by atoms with Crippen LogP contribution in [0.25, 0.3) is 0 Å². The zero-order chi connectivity index (χ0) is 14.1. The first-order chi connectivity index (χ1) is 9.72. The highest BCUT2D eigenvalue weighted by Crippen LogP contribution is 2.39. The summed E-state index contributed by atoms with van der Waals surface area (Å²) in [5.41, 5.74) is 11.5. The molecule has 3 heteroatoms. The molecule has 0 fully saturated rings. The molecule has 2 N–H and O–H groups in total. The second-order valence-corrected chi connectivity index (χ2v) is 5.60. The minimum atomic E-state index is 0.322.